The van der Waals surface area contributed by atoms with Crippen molar-refractivity contribution < 1.29 is 13.6 Å². The third-order valence-corrected chi connectivity index (χ3v) is 1.51. The van der Waals surface area contributed by atoms with Crippen molar-refractivity contribution in [2.75, 3.05) is 6.54 Å². The van der Waals surface area contributed by atoms with E-state index in [4.69, 9.17) is 5.73 Å². The molecule has 0 aromatic heterocycles. The van der Waals surface area contributed by atoms with Crippen LogP contribution in [-0.2, 0) is 4.79 Å². The number of halogens is 2. The Balaban J connectivity index is 3.60. The number of amides is 1. The molecule has 13 heavy (non-hydrogen) atoms. The lowest BCUT2D eigenvalue weighted by Crippen LogP contribution is -2.34. The summed E-state index contributed by atoms with van der Waals surface area (Å²) in [5.41, 5.74) is 4.96. The molecule has 0 heterocycles. The molecule has 0 aliphatic heterocycles. The summed E-state index contributed by atoms with van der Waals surface area (Å²) in [7, 11) is 0. The van der Waals surface area contributed by atoms with Crippen molar-refractivity contribution in [3.8, 4) is 0 Å². The first-order chi connectivity index (χ1) is 6.10. The fourth-order valence-electron chi connectivity index (χ4n) is 0.854. The zero-order valence-electron chi connectivity index (χ0n) is 7.72. The molecule has 0 aromatic carbocycles. The van der Waals surface area contributed by atoms with Crippen LogP contribution in [0.15, 0.2) is 0 Å². The van der Waals surface area contributed by atoms with Gasteiger partial charge in [0.05, 0.1) is 0 Å². The molecule has 0 aliphatic carbocycles. The summed E-state index contributed by atoms with van der Waals surface area (Å²) in [6.07, 6.45) is -2.48. The molecular formula is C8H16F2N2O. The predicted molar refractivity (Wildman–Crippen MR) is 46.5 cm³/mol. The molecule has 0 spiro atoms. The van der Waals surface area contributed by atoms with Crippen LogP contribution in [0.3, 0.4) is 0 Å². The topological polar surface area (TPSA) is 55.1 Å². The molecule has 0 fully saturated rings. The maximum absolute atomic E-state index is 12.8. The van der Waals surface area contributed by atoms with E-state index in [0.29, 0.717) is 6.42 Å². The number of carbonyl (C=O) groups excluding carboxylic acids is 1. The molecule has 0 aromatic rings. The second-order valence-electron chi connectivity index (χ2n) is 2.85. The molecule has 5 heteroatoms. The molecule has 0 bridgehead atoms. The fraction of sp³-hybridized carbons (Fsp3) is 0.875. The van der Waals surface area contributed by atoms with Gasteiger partial charge in [-0.25, -0.2) is 8.78 Å². The van der Waals surface area contributed by atoms with Gasteiger partial charge >= 0.3 is 0 Å². The van der Waals surface area contributed by atoms with Crippen LogP contribution < -0.4 is 11.1 Å². The minimum absolute atomic E-state index is 0.218. The van der Waals surface area contributed by atoms with Crippen molar-refractivity contribution in [2.45, 2.75) is 38.7 Å². The summed E-state index contributed by atoms with van der Waals surface area (Å²) >= 11 is 0. The summed E-state index contributed by atoms with van der Waals surface area (Å²) in [6.45, 7) is 1.59. The van der Waals surface area contributed by atoms with Gasteiger partial charge < -0.3 is 11.1 Å². The molecule has 2 unspecified atom stereocenters. The van der Waals surface area contributed by atoms with Crippen LogP contribution in [0.4, 0.5) is 8.78 Å². The number of alkyl halides is 2. The third kappa shape index (κ3) is 6.45. The van der Waals surface area contributed by atoms with Gasteiger partial charge in [0.25, 0.3) is 0 Å². The Bertz CT molecular complexity index is 155. The number of nitrogens with one attached hydrogen (secondary N) is 1. The van der Waals surface area contributed by atoms with E-state index >= 15 is 0 Å². The van der Waals surface area contributed by atoms with Gasteiger partial charge in [0.2, 0.25) is 5.91 Å². The van der Waals surface area contributed by atoms with Crippen LogP contribution in [0.1, 0.15) is 26.2 Å². The third-order valence-electron chi connectivity index (χ3n) is 1.51. The number of nitrogens with two attached hydrogens (primary N) is 1. The summed E-state index contributed by atoms with van der Waals surface area (Å²) in [5, 5.41) is 2.04. The largest absolute Gasteiger partial charge is 0.328 e. The Morgan fingerprint density at radius 1 is 1.54 bits per heavy atom. The zero-order valence-corrected chi connectivity index (χ0v) is 7.72. The molecule has 0 saturated heterocycles. The predicted octanol–water partition coefficient (Wildman–Crippen LogP) is 0.885. The first-order valence-electron chi connectivity index (χ1n) is 4.37. The van der Waals surface area contributed by atoms with Gasteiger partial charge in [0.1, 0.15) is 6.17 Å². The Kier molecular flexibility index (Phi) is 6.40. The number of carbonyl (C=O) groups is 1. The normalized spacial score (nSPS) is 15.1. The highest BCUT2D eigenvalue weighted by molar-refractivity contribution is 5.75. The van der Waals surface area contributed by atoms with Crippen molar-refractivity contribution in [1.82, 2.24) is 5.32 Å². The Morgan fingerprint density at radius 3 is 2.62 bits per heavy atom. The summed E-state index contributed by atoms with van der Waals surface area (Å²) in [6, 6.07) is 0. The Labute approximate surface area is 76.7 Å². The van der Waals surface area contributed by atoms with Crippen LogP contribution in [0, 0.1) is 0 Å². The second-order valence-corrected chi connectivity index (χ2v) is 2.85. The van der Waals surface area contributed by atoms with Crippen molar-refractivity contribution in [3.05, 3.63) is 0 Å². The molecule has 0 radical (unpaired) electrons. The molecule has 0 saturated carbocycles. The van der Waals surface area contributed by atoms with Crippen molar-refractivity contribution in [2.24, 2.45) is 5.73 Å². The van der Waals surface area contributed by atoms with Gasteiger partial charge in [-0.15, -0.1) is 0 Å². The van der Waals surface area contributed by atoms with Gasteiger partial charge in [-0.1, -0.05) is 6.92 Å². The Morgan fingerprint density at radius 2 is 2.15 bits per heavy atom. The lowest BCUT2D eigenvalue weighted by atomic mass is 10.2. The number of hydrogen-bond donors (Lipinski definition) is 2. The van der Waals surface area contributed by atoms with Crippen molar-refractivity contribution in [3.63, 3.8) is 0 Å². The maximum Gasteiger partial charge on any atom is 0.222 e. The minimum atomic E-state index is -1.63. The molecule has 78 valence electrons. The van der Waals surface area contributed by atoms with Crippen LogP contribution >= 0.6 is 0 Å². The maximum atomic E-state index is 12.8. The van der Waals surface area contributed by atoms with E-state index in [1.807, 2.05) is 12.2 Å². The van der Waals surface area contributed by atoms with Crippen LogP contribution in [0.2, 0.25) is 0 Å². The molecule has 3 nitrogen and oxygen atoms in total. The van der Waals surface area contributed by atoms with E-state index in [1.165, 1.54) is 0 Å². The van der Waals surface area contributed by atoms with E-state index < -0.39 is 12.5 Å². The van der Waals surface area contributed by atoms with Gasteiger partial charge in [-0.05, 0) is 6.42 Å². The molecular weight excluding hydrogens is 178 g/mol. The number of hydrogen-bond acceptors (Lipinski definition) is 2. The second kappa shape index (κ2) is 6.77. The molecule has 1 amide bonds. The van der Waals surface area contributed by atoms with E-state index in [1.54, 1.807) is 0 Å². The van der Waals surface area contributed by atoms with Crippen LogP contribution in [0.25, 0.3) is 0 Å². The van der Waals surface area contributed by atoms with Gasteiger partial charge in [0, 0.05) is 19.4 Å². The van der Waals surface area contributed by atoms with Crippen molar-refractivity contribution in [1.29, 1.82) is 0 Å². The monoisotopic (exact) mass is 194 g/mol. The van der Waals surface area contributed by atoms with Crippen LogP contribution in [0.5, 0.6) is 0 Å². The lowest BCUT2D eigenvalue weighted by molar-refractivity contribution is -0.123. The molecule has 0 rings (SSSR count). The lowest BCUT2D eigenvalue weighted by Gasteiger charge is -2.11. The fourth-order valence-corrected chi connectivity index (χ4v) is 0.854. The first-order valence-corrected chi connectivity index (χ1v) is 4.37. The van der Waals surface area contributed by atoms with Gasteiger partial charge in [0.15, 0.2) is 6.30 Å². The average Bonchev–Trinajstić information content (AvgIpc) is 2.04. The van der Waals surface area contributed by atoms with Crippen LogP contribution in [-0.4, -0.2) is 24.9 Å². The number of rotatable bonds is 6. The highest BCUT2D eigenvalue weighted by Gasteiger charge is 2.15. The van der Waals surface area contributed by atoms with E-state index in [9.17, 15) is 13.6 Å². The summed E-state index contributed by atoms with van der Waals surface area (Å²) in [5.74, 6) is -0.390. The molecule has 0 aliphatic rings. The van der Waals surface area contributed by atoms with E-state index in [0.717, 1.165) is 0 Å². The standard InChI is InChI=1S/C8H16F2N2O/c1-2-3-8(13)12-7(10)4-6(9)5-11/h6-7H,2-5,11H2,1H3,(H,12,13). The van der Waals surface area contributed by atoms with Crippen molar-refractivity contribution >= 4 is 5.91 Å². The molecule has 3 N–H and O–H groups in total. The SMILES string of the molecule is CCCC(=O)NC(F)CC(F)CN. The van der Waals surface area contributed by atoms with Gasteiger partial charge in [-0.3, -0.25) is 4.79 Å². The highest BCUT2D eigenvalue weighted by Crippen LogP contribution is 2.02. The minimum Gasteiger partial charge on any atom is -0.328 e. The first kappa shape index (κ1) is 12.3. The van der Waals surface area contributed by atoms with E-state index in [-0.39, 0.29) is 25.3 Å². The summed E-state index contributed by atoms with van der Waals surface area (Å²) in [4.78, 5) is 10.8. The summed E-state index contributed by atoms with van der Waals surface area (Å²) < 4.78 is 25.3. The Hall–Kier alpha value is -0.710. The van der Waals surface area contributed by atoms with Gasteiger partial charge in [-0.2, -0.15) is 0 Å². The molecule has 2 atom stereocenters. The van der Waals surface area contributed by atoms with E-state index in [2.05, 4.69) is 0 Å². The average molecular weight is 194 g/mol. The quantitative estimate of drug-likeness (QED) is 0.617. The highest BCUT2D eigenvalue weighted by atomic mass is 19.1. The smallest absolute Gasteiger partial charge is 0.222 e. The zero-order chi connectivity index (χ0) is 10.3.